The van der Waals surface area contributed by atoms with E-state index in [1.807, 2.05) is 0 Å². The van der Waals surface area contributed by atoms with Gasteiger partial charge in [-0.3, -0.25) is 0 Å². The molecule has 0 N–H and O–H groups in total. The van der Waals surface area contributed by atoms with Crippen molar-refractivity contribution in [3.63, 3.8) is 0 Å². The molecule has 0 aliphatic carbocycles. The second kappa shape index (κ2) is 43.4. The maximum atomic E-state index is 0. The monoisotopic (exact) mass is 434 g/mol. The van der Waals surface area contributed by atoms with E-state index < -0.39 is 0 Å². The fraction of sp³-hybridized carbons (Fsp3) is 0. The third-order valence-corrected chi connectivity index (χ3v) is 0. The molecule has 0 unspecified atom stereocenters. The van der Waals surface area contributed by atoms with Gasteiger partial charge in [0.15, 0.2) is 0 Å². The van der Waals surface area contributed by atoms with Crippen LogP contribution in [-0.2, 0) is 75.0 Å². The van der Waals surface area contributed by atoms with Gasteiger partial charge in [-0.05, 0) is 0 Å². The molecule has 0 atom stereocenters. The maximum absolute atomic E-state index is 0. The fourth-order valence-electron chi connectivity index (χ4n) is 0. The first-order valence-electron chi connectivity index (χ1n) is 0. The Labute approximate surface area is 101 Å². The van der Waals surface area contributed by atoms with Gasteiger partial charge in [0.05, 0.1) is 0 Å². The minimum Gasteiger partial charge on any atom is -2.00 e. The first-order chi connectivity index (χ1) is 0. The van der Waals surface area contributed by atoms with Crippen LogP contribution in [0.2, 0.25) is 0 Å². The Hall–Kier alpha value is 3.01. The zero-order valence-corrected chi connectivity index (χ0v) is 11.7. The van der Waals surface area contributed by atoms with Crippen molar-refractivity contribution in [2.75, 3.05) is 0 Å². The van der Waals surface area contributed by atoms with Crippen LogP contribution in [0.15, 0.2) is 0 Å². The smallest absolute Gasteiger partial charge is 2.00 e. The van der Waals surface area contributed by atoms with Gasteiger partial charge in [0, 0.05) is 0 Å². The van der Waals surface area contributed by atoms with Gasteiger partial charge >= 0.3 is 48.4 Å². The quantitative estimate of drug-likeness (QED) is 0.459. The van der Waals surface area contributed by atoms with Crippen molar-refractivity contribution >= 4 is 81.3 Å². The molecule has 0 spiro atoms. The second-order valence-electron chi connectivity index (χ2n) is 0. The molecule has 6 heteroatoms. The normalized spacial score (nSPS) is 0. The summed E-state index contributed by atoms with van der Waals surface area (Å²) in [4.78, 5) is 0. The minimum atomic E-state index is 0. The molecule has 0 aromatic rings. The molecule has 34 valence electrons. The van der Waals surface area contributed by atoms with Crippen LogP contribution < -0.4 is 0 Å². The summed E-state index contributed by atoms with van der Waals surface area (Å²) in [5.41, 5.74) is 0. The Balaban J connectivity index is 0. The predicted octanol–water partition coefficient (Wildman–Crippen LogP) is -0.393. The largest absolute Gasteiger partial charge is 6.00 e. The summed E-state index contributed by atoms with van der Waals surface area (Å²) in [6, 6.07) is 0. The molecule has 0 fully saturated rings. The third-order valence-electron chi connectivity index (χ3n) is 0. The average Bonchev–Trinajstić information content (AvgIpc) is 0. The molecule has 0 aromatic carbocycles. The molecule has 2 radical (unpaired) electrons. The molecule has 0 aliphatic rings. The fourth-order valence-corrected chi connectivity index (χ4v) is 0. The van der Waals surface area contributed by atoms with Crippen LogP contribution in [0.3, 0.4) is 0 Å². The SMILES string of the molecule is [Mo+6].[Pb+2].[S-2].[S-2].[S-2].[S-2]. The van der Waals surface area contributed by atoms with Gasteiger partial charge in [0.1, 0.15) is 0 Å². The Morgan fingerprint density at radius 2 is 0.500 bits per heavy atom. The summed E-state index contributed by atoms with van der Waals surface area (Å²) in [5, 5.41) is 0. The van der Waals surface area contributed by atoms with E-state index >= 15 is 0 Å². The van der Waals surface area contributed by atoms with Gasteiger partial charge in [-0.25, -0.2) is 0 Å². The summed E-state index contributed by atoms with van der Waals surface area (Å²) in [7, 11) is 0. The van der Waals surface area contributed by atoms with Crippen LogP contribution in [-0.4, -0.2) is 27.3 Å². The molecule has 0 rings (SSSR count). The van der Waals surface area contributed by atoms with Gasteiger partial charge in [0.25, 0.3) is 0 Å². The van der Waals surface area contributed by atoms with E-state index in [0.717, 1.165) is 0 Å². The van der Waals surface area contributed by atoms with Crippen LogP contribution in [0.25, 0.3) is 0 Å². The topological polar surface area (TPSA) is 0 Å². The maximum Gasteiger partial charge on any atom is 6.00 e. The van der Waals surface area contributed by atoms with E-state index in [2.05, 4.69) is 0 Å². The van der Waals surface area contributed by atoms with Crippen molar-refractivity contribution in [3.05, 3.63) is 0 Å². The zero-order valence-electron chi connectivity index (χ0n) is 2.54. The molecule has 0 bridgehead atoms. The molecule has 0 saturated carbocycles. The van der Waals surface area contributed by atoms with Gasteiger partial charge in [-0.15, -0.1) is 0 Å². The molecular weight excluding hydrogens is 431 g/mol. The Bertz CT molecular complexity index is 7.51. The van der Waals surface area contributed by atoms with Crippen LogP contribution in [0.4, 0.5) is 0 Å². The summed E-state index contributed by atoms with van der Waals surface area (Å²) in [6.07, 6.45) is 0. The van der Waals surface area contributed by atoms with Crippen LogP contribution in [0, 0.1) is 0 Å². The minimum absolute atomic E-state index is 0. The number of hydrogen-bond acceptors (Lipinski definition) is 0. The van der Waals surface area contributed by atoms with E-state index in [9.17, 15) is 0 Å². The molecule has 0 aliphatic heterocycles. The molecule has 0 amide bonds. The van der Waals surface area contributed by atoms with Gasteiger partial charge in [-0.2, -0.15) is 0 Å². The summed E-state index contributed by atoms with van der Waals surface area (Å²) in [6.45, 7) is 0. The molecule has 0 saturated heterocycles. The van der Waals surface area contributed by atoms with E-state index in [4.69, 9.17) is 0 Å². The molecule has 6 heavy (non-hydrogen) atoms. The van der Waals surface area contributed by atoms with Crippen LogP contribution in [0.1, 0.15) is 0 Å². The zero-order chi connectivity index (χ0) is 0. The summed E-state index contributed by atoms with van der Waals surface area (Å²) in [5.74, 6) is 0. The summed E-state index contributed by atoms with van der Waals surface area (Å²) >= 11 is 0. The first-order valence-corrected chi connectivity index (χ1v) is 0. The predicted molar refractivity (Wildman–Crippen MR) is 35.2 cm³/mol. The van der Waals surface area contributed by atoms with Gasteiger partial charge in [-0.1, -0.05) is 0 Å². The van der Waals surface area contributed by atoms with E-state index in [1.54, 1.807) is 0 Å². The van der Waals surface area contributed by atoms with E-state index in [1.165, 1.54) is 0 Å². The van der Waals surface area contributed by atoms with E-state index in [-0.39, 0.29) is 102 Å². The number of rotatable bonds is 0. The third kappa shape index (κ3) is 27.9. The van der Waals surface area contributed by atoms with Gasteiger partial charge in [0.2, 0.25) is 0 Å². The van der Waals surface area contributed by atoms with Gasteiger partial charge < -0.3 is 54.0 Å². The first kappa shape index (κ1) is 63.8. The van der Waals surface area contributed by atoms with E-state index in [0.29, 0.717) is 0 Å². The molecular formula is MoPbS4. The molecule has 0 heterocycles. The number of hydrogen-bond donors (Lipinski definition) is 0. The average molecular weight is 431 g/mol. The van der Waals surface area contributed by atoms with Crippen LogP contribution >= 0.6 is 0 Å². The standard InChI is InChI=1S/Mo.Pb.4S/q+6;+2;4*-2. The Kier molecular flexibility index (Phi) is 462. The van der Waals surface area contributed by atoms with Crippen LogP contribution in [0.5, 0.6) is 0 Å². The molecule has 0 nitrogen and oxygen atoms in total. The Morgan fingerprint density at radius 3 is 0.500 bits per heavy atom. The van der Waals surface area contributed by atoms with Crippen molar-refractivity contribution in [1.29, 1.82) is 0 Å². The van der Waals surface area contributed by atoms with Crippen molar-refractivity contribution in [3.8, 4) is 0 Å². The second-order valence-corrected chi connectivity index (χ2v) is 0. The van der Waals surface area contributed by atoms with Crippen molar-refractivity contribution in [2.24, 2.45) is 0 Å². The Morgan fingerprint density at radius 1 is 0.500 bits per heavy atom. The van der Waals surface area contributed by atoms with Crippen molar-refractivity contribution in [2.45, 2.75) is 0 Å². The molecule has 0 aromatic heterocycles. The summed E-state index contributed by atoms with van der Waals surface area (Å²) < 4.78 is 0. The van der Waals surface area contributed by atoms with Crippen molar-refractivity contribution < 1.29 is 21.1 Å². The van der Waals surface area contributed by atoms with Crippen molar-refractivity contribution in [1.82, 2.24) is 0 Å².